The van der Waals surface area contributed by atoms with Crippen molar-refractivity contribution in [3.05, 3.63) is 44.9 Å². The number of aryl methyl sites for hydroxylation is 3. The Bertz CT molecular complexity index is 762. The Hall–Kier alpha value is -2.44. The average molecular weight is 301 g/mol. The topological polar surface area (TPSA) is 104 Å². The summed E-state index contributed by atoms with van der Waals surface area (Å²) in [6, 6.07) is 0.0817. The highest BCUT2D eigenvalue weighted by atomic mass is 16.2. The van der Waals surface area contributed by atoms with Crippen LogP contribution in [0.3, 0.4) is 0 Å². The van der Waals surface area contributed by atoms with Crippen LogP contribution in [0.1, 0.15) is 34.8 Å². The summed E-state index contributed by atoms with van der Waals surface area (Å²) in [6.45, 7) is 3.48. The first-order valence-electron chi connectivity index (χ1n) is 7.40. The van der Waals surface area contributed by atoms with Gasteiger partial charge in [0.25, 0.3) is 5.56 Å². The van der Waals surface area contributed by atoms with Crippen LogP contribution in [0.4, 0.5) is 0 Å². The summed E-state index contributed by atoms with van der Waals surface area (Å²) in [4.78, 5) is 31.0. The third kappa shape index (κ3) is 2.93. The zero-order valence-electron chi connectivity index (χ0n) is 12.7. The normalized spacial score (nSPS) is 17.1. The van der Waals surface area contributed by atoms with Gasteiger partial charge in [-0.25, -0.2) is 4.98 Å². The molecule has 7 nitrogen and oxygen atoms in total. The van der Waals surface area contributed by atoms with Gasteiger partial charge in [0, 0.05) is 29.4 Å². The van der Waals surface area contributed by atoms with Gasteiger partial charge in [0.15, 0.2) is 0 Å². The SMILES string of the molecule is Cc1nc(C)c(CC(=O)N[C@@H]2CCc3cn[nH]c3C2)c(=O)[nH]1. The molecule has 1 aliphatic rings. The van der Waals surface area contributed by atoms with Crippen molar-refractivity contribution in [2.24, 2.45) is 0 Å². The molecule has 0 fully saturated rings. The van der Waals surface area contributed by atoms with Gasteiger partial charge in [-0.1, -0.05) is 0 Å². The highest BCUT2D eigenvalue weighted by molar-refractivity contribution is 5.79. The number of amides is 1. The highest BCUT2D eigenvalue weighted by Gasteiger charge is 2.22. The van der Waals surface area contributed by atoms with Crippen LogP contribution in [0.5, 0.6) is 0 Å². The number of nitrogens with one attached hydrogen (secondary N) is 3. The fraction of sp³-hybridized carbons (Fsp3) is 0.467. The van der Waals surface area contributed by atoms with E-state index in [9.17, 15) is 9.59 Å². The molecule has 0 unspecified atom stereocenters. The van der Waals surface area contributed by atoms with Gasteiger partial charge in [0.05, 0.1) is 12.6 Å². The fourth-order valence-electron chi connectivity index (χ4n) is 2.93. The number of hydrogen-bond acceptors (Lipinski definition) is 4. The quantitative estimate of drug-likeness (QED) is 0.759. The van der Waals surface area contributed by atoms with E-state index in [1.54, 1.807) is 13.8 Å². The van der Waals surface area contributed by atoms with E-state index < -0.39 is 0 Å². The number of hydrogen-bond donors (Lipinski definition) is 3. The maximum Gasteiger partial charge on any atom is 0.254 e. The molecule has 0 radical (unpaired) electrons. The molecule has 0 saturated carbocycles. The Morgan fingerprint density at radius 1 is 1.45 bits per heavy atom. The van der Waals surface area contributed by atoms with Crippen LogP contribution >= 0.6 is 0 Å². The monoisotopic (exact) mass is 301 g/mol. The van der Waals surface area contributed by atoms with Crippen molar-refractivity contribution >= 4 is 5.91 Å². The first-order chi connectivity index (χ1) is 10.5. The van der Waals surface area contributed by atoms with E-state index in [1.165, 1.54) is 5.56 Å². The van der Waals surface area contributed by atoms with Crippen molar-refractivity contribution in [1.29, 1.82) is 0 Å². The molecule has 0 aromatic carbocycles. The smallest absolute Gasteiger partial charge is 0.254 e. The van der Waals surface area contributed by atoms with Gasteiger partial charge in [-0.2, -0.15) is 5.10 Å². The zero-order valence-corrected chi connectivity index (χ0v) is 12.7. The summed E-state index contributed by atoms with van der Waals surface area (Å²) in [5.41, 5.74) is 3.11. The second kappa shape index (κ2) is 5.75. The average Bonchev–Trinajstić information content (AvgIpc) is 2.90. The number of carbonyl (C=O) groups excluding carboxylic acids is 1. The third-order valence-electron chi connectivity index (χ3n) is 4.06. The molecule has 0 aliphatic heterocycles. The van der Waals surface area contributed by atoms with Gasteiger partial charge in [0.2, 0.25) is 5.91 Å². The van der Waals surface area contributed by atoms with E-state index in [0.717, 1.165) is 25.0 Å². The van der Waals surface area contributed by atoms with Gasteiger partial charge in [0.1, 0.15) is 5.82 Å². The van der Waals surface area contributed by atoms with Crippen LogP contribution < -0.4 is 10.9 Å². The minimum Gasteiger partial charge on any atom is -0.353 e. The van der Waals surface area contributed by atoms with Crippen molar-refractivity contribution in [3.8, 4) is 0 Å². The third-order valence-corrected chi connectivity index (χ3v) is 4.06. The summed E-state index contributed by atoms with van der Waals surface area (Å²) in [7, 11) is 0. The van der Waals surface area contributed by atoms with Crippen LogP contribution in [0.2, 0.25) is 0 Å². The van der Waals surface area contributed by atoms with Crippen molar-refractivity contribution in [2.75, 3.05) is 0 Å². The molecule has 3 rings (SSSR count). The lowest BCUT2D eigenvalue weighted by Gasteiger charge is -2.22. The lowest BCUT2D eigenvalue weighted by Crippen LogP contribution is -2.40. The van der Waals surface area contributed by atoms with Gasteiger partial charge in [-0.15, -0.1) is 0 Å². The number of aromatic nitrogens is 4. The Balaban J connectivity index is 1.66. The fourth-order valence-corrected chi connectivity index (χ4v) is 2.93. The molecule has 1 atom stereocenters. The predicted octanol–water partition coefficient (Wildman–Crippen LogP) is 0.326. The van der Waals surface area contributed by atoms with Crippen LogP contribution in [-0.4, -0.2) is 32.1 Å². The Kier molecular flexibility index (Phi) is 3.79. The maximum absolute atomic E-state index is 12.2. The molecule has 1 amide bonds. The number of fused-ring (bicyclic) bond motifs is 1. The maximum atomic E-state index is 12.2. The molecule has 0 bridgehead atoms. The minimum atomic E-state index is -0.236. The molecular formula is C15H19N5O2. The predicted molar refractivity (Wildman–Crippen MR) is 80.6 cm³/mol. The Morgan fingerprint density at radius 2 is 2.27 bits per heavy atom. The molecule has 1 aliphatic carbocycles. The van der Waals surface area contributed by atoms with Gasteiger partial charge < -0.3 is 10.3 Å². The lowest BCUT2D eigenvalue weighted by molar-refractivity contribution is -0.121. The number of aromatic amines is 2. The van der Waals surface area contributed by atoms with Crippen LogP contribution in [0.25, 0.3) is 0 Å². The van der Waals surface area contributed by atoms with E-state index in [0.29, 0.717) is 17.1 Å². The van der Waals surface area contributed by atoms with E-state index in [1.807, 2.05) is 6.20 Å². The second-order valence-corrected chi connectivity index (χ2v) is 5.77. The standard InChI is InChI=1S/C15H19N5O2/c1-8-12(15(22)18-9(2)17-8)6-14(21)19-11-4-3-10-7-16-20-13(10)5-11/h7,11H,3-6H2,1-2H3,(H,16,20)(H,19,21)(H,17,18,22)/t11-/m1/s1. The number of carbonyl (C=O) groups is 1. The molecule has 0 spiro atoms. The molecule has 2 heterocycles. The van der Waals surface area contributed by atoms with Crippen molar-refractivity contribution < 1.29 is 4.79 Å². The van der Waals surface area contributed by atoms with Gasteiger partial charge in [-0.3, -0.25) is 14.7 Å². The molecule has 22 heavy (non-hydrogen) atoms. The molecule has 0 saturated heterocycles. The Morgan fingerprint density at radius 3 is 3.05 bits per heavy atom. The number of H-pyrrole nitrogens is 2. The van der Waals surface area contributed by atoms with Crippen LogP contribution in [0, 0.1) is 13.8 Å². The molecule has 7 heteroatoms. The van der Waals surface area contributed by atoms with Crippen LogP contribution in [0.15, 0.2) is 11.0 Å². The zero-order chi connectivity index (χ0) is 15.7. The summed E-state index contributed by atoms with van der Waals surface area (Å²) in [6.07, 6.45) is 4.44. The molecule has 116 valence electrons. The first kappa shape index (κ1) is 14.5. The summed E-state index contributed by atoms with van der Waals surface area (Å²) in [5, 5.41) is 9.99. The van der Waals surface area contributed by atoms with E-state index >= 15 is 0 Å². The van der Waals surface area contributed by atoms with Crippen LogP contribution in [-0.2, 0) is 24.1 Å². The lowest BCUT2D eigenvalue weighted by atomic mass is 9.93. The minimum absolute atomic E-state index is 0.0563. The number of nitrogens with zero attached hydrogens (tertiary/aromatic N) is 2. The Labute approximate surface area is 127 Å². The number of rotatable bonds is 3. The molecular weight excluding hydrogens is 282 g/mol. The molecule has 3 N–H and O–H groups in total. The summed E-state index contributed by atoms with van der Waals surface area (Å²) < 4.78 is 0. The van der Waals surface area contributed by atoms with Crippen molar-refractivity contribution in [1.82, 2.24) is 25.5 Å². The van der Waals surface area contributed by atoms with E-state index in [2.05, 4.69) is 25.5 Å². The molecule has 2 aromatic rings. The van der Waals surface area contributed by atoms with Gasteiger partial charge in [-0.05, 0) is 32.3 Å². The van der Waals surface area contributed by atoms with E-state index in [-0.39, 0.29) is 23.9 Å². The first-order valence-corrected chi connectivity index (χ1v) is 7.40. The summed E-state index contributed by atoms with van der Waals surface area (Å²) >= 11 is 0. The largest absolute Gasteiger partial charge is 0.353 e. The van der Waals surface area contributed by atoms with Crippen molar-refractivity contribution in [2.45, 2.75) is 45.6 Å². The summed E-state index contributed by atoms with van der Waals surface area (Å²) in [5.74, 6) is 0.415. The van der Waals surface area contributed by atoms with Gasteiger partial charge >= 0.3 is 0 Å². The second-order valence-electron chi connectivity index (χ2n) is 5.77. The highest BCUT2D eigenvalue weighted by Crippen LogP contribution is 2.18. The molecule has 2 aromatic heterocycles. The van der Waals surface area contributed by atoms with E-state index in [4.69, 9.17) is 0 Å². The van der Waals surface area contributed by atoms with Crippen molar-refractivity contribution in [3.63, 3.8) is 0 Å².